The average molecular weight is 666 g/mol. The predicted molar refractivity (Wildman–Crippen MR) is 169 cm³/mol. The number of halogens is 3. The van der Waals surface area contributed by atoms with E-state index in [1.807, 2.05) is 0 Å². The smallest absolute Gasteiger partial charge is 0.416 e. The molecule has 0 saturated carbocycles. The molecule has 0 bridgehead atoms. The topological polar surface area (TPSA) is 99.4 Å². The minimum Gasteiger partial charge on any atom is -0.497 e. The number of methoxy groups -OCH3 is 2. The first-order valence-electron chi connectivity index (χ1n) is 13.7. The Hall–Kier alpha value is -4.95. The van der Waals surface area contributed by atoms with Crippen molar-refractivity contribution in [3.05, 3.63) is 103 Å². The van der Waals surface area contributed by atoms with Gasteiger partial charge in [0.1, 0.15) is 17.8 Å². The van der Waals surface area contributed by atoms with Crippen molar-refractivity contribution < 1.29 is 31.1 Å². The summed E-state index contributed by atoms with van der Waals surface area (Å²) in [7, 11) is 0.502. The number of benzene rings is 3. The summed E-state index contributed by atoms with van der Waals surface area (Å²) in [5, 5.41) is 0.735. The molecule has 0 aliphatic heterocycles. The van der Waals surface area contributed by atoms with Crippen LogP contribution in [-0.4, -0.2) is 41.5 Å². The van der Waals surface area contributed by atoms with E-state index in [1.54, 1.807) is 60.3 Å². The molecule has 0 spiro atoms. The highest BCUT2D eigenvalue weighted by Crippen LogP contribution is 2.40. The molecule has 14 heteroatoms. The maximum atomic E-state index is 14.2. The number of nitrogens with zero attached hydrogens (tertiary/aromatic N) is 5. The van der Waals surface area contributed by atoms with Gasteiger partial charge in [-0.3, -0.25) is 4.98 Å². The van der Waals surface area contributed by atoms with Crippen molar-refractivity contribution in [3.63, 3.8) is 0 Å². The Balaban J connectivity index is 1.44. The van der Waals surface area contributed by atoms with Gasteiger partial charge >= 0.3 is 6.18 Å². The summed E-state index contributed by atoms with van der Waals surface area (Å²) in [6, 6.07) is 16.8. The van der Waals surface area contributed by atoms with Crippen LogP contribution in [0.25, 0.3) is 33.2 Å². The van der Waals surface area contributed by atoms with Gasteiger partial charge in [-0.15, -0.1) is 0 Å². The van der Waals surface area contributed by atoms with Crippen LogP contribution in [0.1, 0.15) is 11.1 Å². The quantitative estimate of drug-likeness (QED) is 0.161. The van der Waals surface area contributed by atoms with Crippen LogP contribution < -0.4 is 13.8 Å². The van der Waals surface area contributed by atoms with Crippen LogP contribution in [-0.2, 0) is 29.8 Å². The molecule has 0 radical (unpaired) electrons. The first kappa shape index (κ1) is 31.0. The lowest BCUT2D eigenvalue weighted by atomic mass is 9.96. The van der Waals surface area contributed by atoms with Gasteiger partial charge in [0, 0.05) is 65.3 Å². The molecule has 6 aromatic rings. The van der Waals surface area contributed by atoms with E-state index in [0.29, 0.717) is 50.2 Å². The van der Waals surface area contributed by atoms with E-state index < -0.39 is 21.8 Å². The molecule has 0 atom stereocenters. The van der Waals surface area contributed by atoms with Gasteiger partial charge in [-0.25, -0.2) is 17.7 Å². The van der Waals surface area contributed by atoms with Crippen LogP contribution in [0.4, 0.5) is 18.3 Å². The Kier molecular flexibility index (Phi) is 8.17. The molecule has 0 saturated heterocycles. The van der Waals surface area contributed by atoms with E-state index in [1.165, 1.54) is 45.1 Å². The summed E-state index contributed by atoms with van der Waals surface area (Å²) in [4.78, 5) is 8.10. The van der Waals surface area contributed by atoms with Crippen LogP contribution in [0.2, 0.25) is 0 Å². The molecule has 46 heavy (non-hydrogen) atoms. The van der Waals surface area contributed by atoms with Gasteiger partial charge in [0.25, 0.3) is 10.0 Å². The predicted octanol–water partition coefficient (Wildman–Crippen LogP) is 7.19. The van der Waals surface area contributed by atoms with Crippen LogP contribution in [0, 0.1) is 0 Å². The summed E-state index contributed by atoms with van der Waals surface area (Å²) < 4.78 is 88.0. The van der Waals surface area contributed by atoms with Gasteiger partial charge in [0.05, 0.1) is 31.2 Å². The molecule has 0 aliphatic carbocycles. The number of alkyl halides is 3. The van der Waals surface area contributed by atoms with Crippen LogP contribution in [0.15, 0.2) is 96.5 Å². The highest BCUT2D eigenvalue weighted by Gasteiger charge is 2.32. The summed E-state index contributed by atoms with van der Waals surface area (Å²) in [6.45, 7) is -0.108. The van der Waals surface area contributed by atoms with Crippen molar-refractivity contribution >= 4 is 37.6 Å². The zero-order valence-corrected chi connectivity index (χ0v) is 26.3. The number of aryl methyl sites for hydroxylation is 1. The van der Waals surface area contributed by atoms with Gasteiger partial charge in [0.2, 0.25) is 5.13 Å². The lowest BCUT2D eigenvalue weighted by molar-refractivity contribution is -0.137. The van der Waals surface area contributed by atoms with Crippen molar-refractivity contribution in [3.8, 4) is 33.8 Å². The molecule has 0 unspecified atom stereocenters. The zero-order chi connectivity index (χ0) is 32.6. The third kappa shape index (κ3) is 5.88. The van der Waals surface area contributed by atoms with Gasteiger partial charge < -0.3 is 14.0 Å². The Morgan fingerprint density at radius 1 is 0.913 bits per heavy atom. The van der Waals surface area contributed by atoms with Gasteiger partial charge in [-0.05, 0) is 71.3 Å². The maximum absolute atomic E-state index is 14.2. The molecule has 236 valence electrons. The highest BCUT2D eigenvalue weighted by molar-refractivity contribution is 7.93. The third-order valence-corrected chi connectivity index (χ3v) is 10.0. The van der Waals surface area contributed by atoms with Gasteiger partial charge in [0.15, 0.2) is 0 Å². The second-order valence-corrected chi connectivity index (χ2v) is 12.9. The number of aromatic nitrogens is 4. The van der Waals surface area contributed by atoms with E-state index in [2.05, 4.69) is 14.3 Å². The summed E-state index contributed by atoms with van der Waals surface area (Å²) >= 11 is 0.923. The molecular weight excluding hydrogens is 640 g/mol. The monoisotopic (exact) mass is 665 g/mol. The molecule has 6 rings (SSSR count). The summed E-state index contributed by atoms with van der Waals surface area (Å²) in [5.41, 5.74) is 2.11. The molecule has 0 fully saturated rings. The first-order valence-corrected chi connectivity index (χ1v) is 15.9. The van der Waals surface area contributed by atoms with E-state index in [-0.39, 0.29) is 16.6 Å². The number of fused-ring (bicyclic) bond motifs is 1. The normalized spacial score (nSPS) is 12.0. The van der Waals surface area contributed by atoms with Crippen LogP contribution in [0.3, 0.4) is 0 Å². The standard InChI is InChI=1S/C32H26F3N5O4S2/c1-39-18-28(23-12-22(20-8-10-36-11-9-20)13-24(14-23)32(33,34)35)27-7-6-26(16-29(27)39)46(41,42)40(31-37-19-38-45-31)17-21-4-5-25(43-2)15-30(21)44-3/h4-16,18-19H,17H2,1-3H3. The fraction of sp³-hybridized carbons (Fsp3) is 0.156. The number of ether oxygens (including phenoxy) is 2. The molecule has 3 aromatic carbocycles. The number of pyridine rings is 1. The Morgan fingerprint density at radius 2 is 1.67 bits per heavy atom. The van der Waals surface area contributed by atoms with Crippen molar-refractivity contribution in [2.75, 3.05) is 18.5 Å². The van der Waals surface area contributed by atoms with Crippen LogP contribution >= 0.6 is 11.5 Å². The molecule has 3 aromatic heterocycles. The highest BCUT2D eigenvalue weighted by atomic mass is 32.2. The van der Waals surface area contributed by atoms with Crippen LogP contribution in [0.5, 0.6) is 11.5 Å². The lowest BCUT2D eigenvalue weighted by Gasteiger charge is -2.23. The second kappa shape index (κ2) is 12.1. The molecule has 3 heterocycles. The number of hydrogen-bond donors (Lipinski definition) is 0. The maximum Gasteiger partial charge on any atom is 0.416 e. The number of hydrogen-bond acceptors (Lipinski definition) is 8. The Labute approximate surface area is 266 Å². The molecule has 0 N–H and O–H groups in total. The van der Waals surface area contributed by atoms with E-state index in [9.17, 15) is 21.6 Å². The fourth-order valence-corrected chi connectivity index (χ4v) is 7.36. The van der Waals surface area contributed by atoms with Crippen molar-refractivity contribution in [1.82, 2.24) is 18.9 Å². The molecule has 0 amide bonds. The first-order chi connectivity index (χ1) is 22.0. The van der Waals surface area contributed by atoms with E-state index >= 15 is 0 Å². The van der Waals surface area contributed by atoms with E-state index in [4.69, 9.17) is 9.47 Å². The molecule has 0 aliphatic rings. The summed E-state index contributed by atoms with van der Waals surface area (Å²) in [6.07, 6.45) is 1.42. The number of anilines is 1. The van der Waals surface area contributed by atoms with E-state index in [0.717, 1.165) is 28.0 Å². The van der Waals surface area contributed by atoms with Gasteiger partial charge in [-0.1, -0.05) is 6.07 Å². The second-order valence-electron chi connectivity index (χ2n) is 10.3. The average Bonchev–Trinajstić information content (AvgIpc) is 3.71. The Morgan fingerprint density at radius 3 is 2.35 bits per heavy atom. The molecular formula is C32H26F3N5O4S2. The number of rotatable bonds is 9. The zero-order valence-electron chi connectivity index (χ0n) is 24.7. The third-order valence-electron chi connectivity index (χ3n) is 7.51. The summed E-state index contributed by atoms with van der Waals surface area (Å²) in [5.74, 6) is 0.975. The lowest BCUT2D eigenvalue weighted by Crippen LogP contribution is -2.30. The Bertz CT molecular complexity index is 2140. The van der Waals surface area contributed by atoms with Crippen molar-refractivity contribution in [2.45, 2.75) is 17.6 Å². The van der Waals surface area contributed by atoms with Crippen molar-refractivity contribution in [1.29, 1.82) is 0 Å². The fourth-order valence-electron chi connectivity index (χ4n) is 5.21. The van der Waals surface area contributed by atoms with Gasteiger partial charge in [-0.2, -0.15) is 17.5 Å². The number of sulfonamides is 1. The van der Waals surface area contributed by atoms with Crippen molar-refractivity contribution in [2.24, 2.45) is 7.05 Å². The minimum atomic E-state index is -4.58. The molecule has 9 nitrogen and oxygen atoms in total. The minimum absolute atomic E-state index is 0.0306. The largest absolute Gasteiger partial charge is 0.497 e. The SMILES string of the molecule is COc1ccc(CN(c2ncns2)S(=O)(=O)c2ccc3c(-c4cc(-c5ccncc5)cc(C(F)(F)F)c4)cn(C)c3c2)c(OC)c1.